The molecule has 1 saturated heterocycles. The molecule has 1 aromatic heterocycles. The average molecular weight is 426 g/mol. The van der Waals surface area contributed by atoms with E-state index < -0.39 is 23.2 Å². The van der Waals surface area contributed by atoms with Crippen molar-refractivity contribution in [3.63, 3.8) is 0 Å². The van der Waals surface area contributed by atoms with Crippen molar-refractivity contribution in [2.24, 2.45) is 0 Å². The third-order valence-corrected chi connectivity index (χ3v) is 4.42. The van der Waals surface area contributed by atoms with Gasteiger partial charge >= 0.3 is 6.18 Å². The lowest BCUT2D eigenvalue weighted by Crippen LogP contribution is -2.42. The number of ether oxygens (including phenoxy) is 2. The Morgan fingerprint density at radius 1 is 1.23 bits per heavy atom. The number of carbonyl (C=O) groups is 1. The Bertz CT molecular complexity index is 938. The number of anilines is 2. The Hall–Kier alpha value is -2.92. The molecular formula is C19H21F3N4O4. The second kappa shape index (κ2) is 9.26. The number of aromatic nitrogens is 2. The average Bonchev–Trinajstić information content (AvgIpc) is 2.70. The van der Waals surface area contributed by atoms with E-state index in [1.165, 1.54) is 17.7 Å². The van der Waals surface area contributed by atoms with Crippen molar-refractivity contribution in [2.75, 3.05) is 43.6 Å². The topological polar surface area (TPSA) is 85.7 Å². The molecule has 30 heavy (non-hydrogen) atoms. The standard InChI is InChI=1S/C19H21F3N4O4/c1-29-12-15-10-17(28)26(18(24-15)25-6-8-30-9-7-25)11-16(27)23-14-4-2-13(3-5-14)19(20,21)22/h2-5,10H,6-9,11-12H2,1H3,(H,23,27). The van der Waals surface area contributed by atoms with Crippen LogP contribution in [-0.2, 0) is 33.6 Å². The van der Waals surface area contributed by atoms with Crippen LogP contribution in [0.1, 0.15) is 11.3 Å². The fraction of sp³-hybridized carbons (Fsp3) is 0.421. The lowest BCUT2D eigenvalue weighted by molar-refractivity contribution is -0.137. The monoisotopic (exact) mass is 426 g/mol. The van der Waals surface area contributed by atoms with Crippen LogP contribution in [0.4, 0.5) is 24.8 Å². The minimum atomic E-state index is -4.46. The van der Waals surface area contributed by atoms with Gasteiger partial charge in [-0.2, -0.15) is 13.2 Å². The Labute approximate surface area is 170 Å². The third kappa shape index (κ3) is 5.36. The van der Waals surface area contributed by atoms with E-state index in [-0.39, 0.29) is 18.8 Å². The molecule has 0 saturated carbocycles. The summed E-state index contributed by atoms with van der Waals surface area (Å²) in [6.07, 6.45) is -4.46. The molecular weight excluding hydrogens is 405 g/mol. The van der Waals surface area contributed by atoms with Crippen molar-refractivity contribution in [3.05, 3.63) is 51.9 Å². The Balaban J connectivity index is 1.80. The number of hydrogen-bond donors (Lipinski definition) is 1. The van der Waals surface area contributed by atoms with Gasteiger partial charge in [-0.1, -0.05) is 0 Å². The molecule has 1 aliphatic heterocycles. The molecule has 1 fully saturated rings. The van der Waals surface area contributed by atoms with Gasteiger partial charge in [0.25, 0.3) is 5.56 Å². The van der Waals surface area contributed by atoms with Crippen LogP contribution in [0.5, 0.6) is 0 Å². The van der Waals surface area contributed by atoms with Crippen molar-refractivity contribution in [1.82, 2.24) is 9.55 Å². The second-order valence-corrected chi connectivity index (χ2v) is 6.63. The van der Waals surface area contributed by atoms with Crippen molar-refractivity contribution in [2.45, 2.75) is 19.3 Å². The predicted molar refractivity (Wildman–Crippen MR) is 102 cm³/mol. The second-order valence-electron chi connectivity index (χ2n) is 6.63. The zero-order valence-electron chi connectivity index (χ0n) is 16.2. The SMILES string of the molecule is COCc1cc(=O)n(CC(=O)Nc2ccc(C(F)(F)F)cc2)c(N2CCOCC2)n1. The molecule has 11 heteroatoms. The van der Waals surface area contributed by atoms with E-state index in [1.54, 1.807) is 0 Å². The molecule has 1 N–H and O–H groups in total. The summed E-state index contributed by atoms with van der Waals surface area (Å²) >= 11 is 0. The molecule has 1 aromatic carbocycles. The van der Waals surface area contributed by atoms with E-state index in [0.717, 1.165) is 24.3 Å². The van der Waals surface area contributed by atoms with E-state index in [4.69, 9.17) is 9.47 Å². The van der Waals surface area contributed by atoms with Crippen LogP contribution < -0.4 is 15.8 Å². The van der Waals surface area contributed by atoms with Gasteiger partial charge in [-0.25, -0.2) is 4.98 Å². The first kappa shape index (κ1) is 21.8. The van der Waals surface area contributed by atoms with Gasteiger partial charge in [0.1, 0.15) is 6.54 Å². The van der Waals surface area contributed by atoms with E-state index in [2.05, 4.69) is 10.3 Å². The molecule has 0 unspecified atom stereocenters. The van der Waals surface area contributed by atoms with Crippen molar-refractivity contribution >= 4 is 17.5 Å². The normalized spacial score (nSPS) is 14.6. The van der Waals surface area contributed by atoms with Crippen molar-refractivity contribution in [3.8, 4) is 0 Å². The number of rotatable bonds is 6. The smallest absolute Gasteiger partial charge is 0.378 e. The Kier molecular flexibility index (Phi) is 6.73. The summed E-state index contributed by atoms with van der Waals surface area (Å²) in [6.45, 7) is 1.73. The highest BCUT2D eigenvalue weighted by atomic mass is 19.4. The number of amides is 1. The zero-order valence-corrected chi connectivity index (χ0v) is 16.2. The predicted octanol–water partition coefficient (Wildman–Crippen LogP) is 1.88. The number of benzene rings is 1. The highest BCUT2D eigenvalue weighted by Crippen LogP contribution is 2.29. The number of alkyl halides is 3. The lowest BCUT2D eigenvalue weighted by Gasteiger charge is -2.29. The maximum Gasteiger partial charge on any atom is 0.416 e. The first-order valence-electron chi connectivity index (χ1n) is 9.17. The molecule has 0 radical (unpaired) electrons. The first-order chi connectivity index (χ1) is 14.3. The number of methoxy groups -OCH3 is 1. The van der Waals surface area contributed by atoms with Crippen LogP contribution in [0.15, 0.2) is 35.1 Å². The minimum Gasteiger partial charge on any atom is -0.378 e. The van der Waals surface area contributed by atoms with Gasteiger partial charge in [0.05, 0.1) is 31.1 Å². The number of morpholine rings is 1. The van der Waals surface area contributed by atoms with Gasteiger partial charge in [-0.05, 0) is 24.3 Å². The molecule has 8 nitrogen and oxygen atoms in total. The summed E-state index contributed by atoms with van der Waals surface area (Å²) in [5.74, 6) is -0.243. The van der Waals surface area contributed by atoms with Gasteiger partial charge in [-0.3, -0.25) is 14.2 Å². The quantitative estimate of drug-likeness (QED) is 0.759. The Morgan fingerprint density at radius 2 is 1.90 bits per heavy atom. The molecule has 3 rings (SSSR count). The van der Waals surface area contributed by atoms with E-state index in [9.17, 15) is 22.8 Å². The van der Waals surface area contributed by atoms with Gasteiger partial charge in [0.15, 0.2) is 0 Å². The third-order valence-electron chi connectivity index (χ3n) is 4.42. The van der Waals surface area contributed by atoms with Crippen molar-refractivity contribution in [1.29, 1.82) is 0 Å². The van der Waals surface area contributed by atoms with Crippen LogP contribution in [-0.4, -0.2) is 48.9 Å². The molecule has 2 heterocycles. The molecule has 1 amide bonds. The van der Waals surface area contributed by atoms with E-state index in [0.29, 0.717) is 37.9 Å². The fourth-order valence-corrected chi connectivity index (χ4v) is 3.00. The molecule has 0 atom stereocenters. The summed E-state index contributed by atoms with van der Waals surface area (Å²) in [6, 6.07) is 5.36. The van der Waals surface area contributed by atoms with Crippen LogP contribution in [0.25, 0.3) is 0 Å². The summed E-state index contributed by atoms with van der Waals surface area (Å²) in [7, 11) is 1.49. The molecule has 0 aliphatic carbocycles. The highest BCUT2D eigenvalue weighted by molar-refractivity contribution is 5.90. The minimum absolute atomic E-state index is 0.144. The van der Waals surface area contributed by atoms with Gasteiger partial charge in [0.2, 0.25) is 11.9 Å². The van der Waals surface area contributed by atoms with Crippen LogP contribution >= 0.6 is 0 Å². The summed E-state index contributed by atoms with van der Waals surface area (Å²) in [5.41, 5.74) is -0.619. The summed E-state index contributed by atoms with van der Waals surface area (Å²) in [5, 5.41) is 2.50. The zero-order chi connectivity index (χ0) is 21.7. The fourth-order valence-electron chi connectivity index (χ4n) is 3.00. The molecule has 2 aromatic rings. The number of carbonyl (C=O) groups excluding carboxylic acids is 1. The molecule has 162 valence electrons. The van der Waals surface area contributed by atoms with Crippen LogP contribution in [0.3, 0.4) is 0 Å². The first-order valence-corrected chi connectivity index (χ1v) is 9.17. The van der Waals surface area contributed by atoms with Gasteiger partial charge in [-0.15, -0.1) is 0 Å². The molecule has 0 spiro atoms. The molecule has 0 bridgehead atoms. The van der Waals surface area contributed by atoms with E-state index in [1.807, 2.05) is 4.90 Å². The Morgan fingerprint density at radius 3 is 2.50 bits per heavy atom. The lowest BCUT2D eigenvalue weighted by atomic mass is 10.2. The summed E-state index contributed by atoms with van der Waals surface area (Å²) in [4.78, 5) is 31.4. The highest BCUT2D eigenvalue weighted by Gasteiger charge is 2.30. The van der Waals surface area contributed by atoms with Crippen LogP contribution in [0.2, 0.25) is 0 Å². The maximum absolute atomic E-state index is 12.7. The number of nitrogens with one attached hydrogen (secondary N) is 1. The number of nitrogens with zero attached hydrogens (tertiary/aromatic N) is 3. The van der Waals surface area contributed by atoms with Crippen molar-refractivity contribution < 1.29 is 27.4 Å². The number of hydrogen-bond acceptors (Lipinski definition) is 6. The van der Waals surface area contributed by atoms with Gasteiger partial charge < -0.3 is 19.7 Å². The van der Waals surface area contributed by atoms with Gasteiger partial charge in [0, 0.05) is 32.0 Å². The molecule has 1 aliphatic rings. The van der Waals surface area contributed by atoms with E-state index >= 15 is 0 Å². The maximum atomic E-state index is 12.7. The summed E-state index contributed by atoms with van der Waals surface area (Å²) < 4.78 is 49.6. The van der Waals surface area contributed by atoms with Crippen LogP contribution in [0, 0.1) is 0 Å². The largest absolute Gasteiger partial charge is 0.416 e. The number of halogens is 3.